The van der Waals surface area contributed by atoms with Crippen molar-refractivity contribution in [3.05, 3.63) is 188 Å². The van der Waals surface area contributed by atoms with Crippen LogP contribution in [0, 0.1) is 0 Å². The Morgan fingerprint density at radius 2 is 1.47 bits per heavy atom. The van der Waals surface area contributed by atoms with Crippen LogP contribution < -0.4 is 10.5 Å². The topological polar surface area (TPSA) is 144 Å². The number of carbonyl (C=O) groups is 5. The van der Waals surface area contributed by atoms with Crippen LogP contribution in [0.5, 0.6) is 0 Å². The third-order valence-corrected chi connectivity index (χ3v) is 11.0. The van der Waals surface area contributed by atoms with E-state index in [1.54, 1.807) is 0 Å². The van der Waals surface area contributed by atoms with Gasteiger partial charge in [-0.1, -0.05) is 78.9 Å². The summed E-state index contributed by atoms with van der Waals surface area (Å²) in [5.41, 5.74) is 5.08. The summed E-state index contributed by atoms with van der Waals surface area (Å²) in [6.07, 6.45) is 13.5. The molecule has 10 heteroatoms. The molecule has 5 aromatic carbocycles. The Labute approximate surface area is 324 Å². The molecule has 0 bridgehead atoms. The van der Waals surface area contributed by atoms with Gasteiger partial charge in [-0.25, -0.2) is 14.7 Å². The van der Waals surface area contributed by atoms with Gasteiger partial charge in [0.15, 0.2) is 11.6 Å². The first-order valence-corrected chi connectivity index (χ1v) is 18.5. The quantitative estimate of drug-likeness (QED) is 0.0981. The second kappa shape index (κ2) is 13.0. The summed E-state index contributed by atoms with van der Waals surface area (Å²) in [6, 6.07) is 25.3. The predicted octanol–water partition coefficient (Wildman–Crippen LogP) is 8.08. The number of nitrogens with zero attached hydrogens (tertiary/aromatic N) is 2. The van der Waals surface area contributed by atoms with E-state index in [-0.39, 0.29) is 61.9 Å². The van der Waals surface area contributed by atoms with Crippen molar-refractivity contribution in [2.24, 2.45) is 0 Å². The number of ketones is 2. The fourth-order valence-electron chi connectivity index (χ4n) is 8.21. The molecule has 57 heavy (non-hydrogen) atoms. The van der Waals surface area contributed by atoms with Gasteiger partial charge in [-0.2, -0.15) is 0 Å². The van der Waals surface area contributed by atoms with Gasteiger partial charge in [-0.3, -0.25) is 24.0 Å². The number of carbonyl (C=O) groups excluding carboxylic acids is 5. The van der Waals surface area contributed by atoms with Gasteiger partial charge < -0.3 is 9.72 Å². The number of aromatic amines is 1. The van der Waals surface area contributed by atoms with E-state index in [1.807, 2.05) is 78.9 Å². The number of allylic oxidation sites excluding steroid dienone is 8. The minimum atomic E-state index is -1.52. The number of nitrogens with one attached hydrogen (secondary N) is 1. The van der Waals surface area contributed by atoms with Crippen LogP contribution in [0.2, 0.25) is 0 Å². The van der Waals surface area contributed by atoms with Crippen molar-refractivity contribution in [3.63, 3.8) is 0 Å². The molecular weight excluding hydrogens is 719 g/mol. The SMILES string of the molecule is O=C(OCc1ccccc1)c1ccc2c(=O)[nH]c(C3C(=O)c4ccc5c6c(ccc(c46)C3=O)C(=O)N(c3cc(C4=CCC=C4)ccc3C3=CC=CC3)C5=O)nc2c1. The molecule has 10 rings (SSSR count). The summed E-state index contributed by atoms with van der Waals surface area (Å²) in [7, 11) is 0. The molecule has 0 atom stereocenters. The lowest BCUT2D eigenvalue weighted by atomic mass is 9.76. The molecule has 3 aliphatic carbocycles. The van der Waals surface area contributed by atoms with E-state index >= 15 is 0 Å². The molecule has 1 N–H and O–H groups in total. The second-order valence-corrected chi connectivity index (χ2v) is 14.3. The third kappa shape index (κ3) is 5.37. The molecule has 4 aliphatic rings. The highest BCUT2D eigenvalue weighted by Crippen LogP contribution is 2.44. The third-order valence-electron chi connectivity index (χ3n) is 11.0. The molecular formula is C47H29N3O7. The molecule has 2 heterocycles. The molecule has 274 valence electrons. The number of ether oxygens (including phenoxy) is 1. The average molecular weight is 748 g/mol. The summed E-state index contributed by atoms with van der Waals surface area (Å²) in [6.45, 7) is 0.0426. The second-order valence-electron chi connectivity index (χ2n) is 14.3. The molecule has 0 fully saturated rings. The number of fused-ring (bicyclic) bond motifs is 1. The summed E-state index contributed by atoms with van der Waals surface area (Å²) in [5, 5.41) is 0.596. The van der Waals surface area contributed by atoms with Crippen LogP contribution in [0.1, 0.15) is 93.1 Å². The number of hydrogen-bond acceptors (Lipinski definition) is 8. The van der Waals surface area contributed by atoms with Crippen LogP contribution in [-0.4, -0.2) is 39.3 Å². The Morgan fingerprint density at radius 1 is 0.772 bits per heavy atom. The highest BCUT2D eigenvalue weighted by Gasteiger charge is 2.43. The lowest BCUT2D eigenvalue weighted by Gasteiger charge is -2.31. The largest absolute Gasteiger partial charge is 0.457 e. The van der Waals surface area contributed by atoms with Crippen molar-refractivity contribution >= 4 is 67.9 Å². The number of amides is 2. The fraction of sp³-hybridized carbons (Fsp3) is 0.0851. The Hall–Kier alpha value is -7.59. The summed E-state index contributed by atoms with van der Waals surface area (Å²) in [4.78, 5) is 92.3. The van der Waals surface area contributed by atoms with E-state index in [0.717, 1.165) is 34.3 Å². The molecule has 0 radical (unpaired) electrons. The minimum Gasteiger partial charge on any atom is -0.457 e. The lowest BCUT2D eigenvalue weighted by Crippen LogP contribution is -2.41. The molecule has 10 nitrogen and oxygen atoms in total. The molecule has 6 aromatic rings. The van der Waals surface area contributed by atoms with Gasteiger partial charge in [0.2, 0.25) is 0 Å². The number of H-pyrrole nitrogens is 1. The van der Waals surface area contributed by atoms with Gasteiger partial charge in [0.1, 0.15) is 18.3 Å². The van der Waals surface area contributed by atoms with Crippen molar-refractivity contribution in [2.75, 3.05) is 4.90 Å². The van der Waals surface area contributed by atoms with E-state index in [2.05, 4.69) is 16.0 Å². The van der Waals surface area contributed by atoms with Crippen LogP contribution in [0.3, 0.4) is 0 Å². The van der Waals surface area contributed by atoms with E-state index < -0.39 is 40.8 Å². The molecule has 1 aromatic heterocycles. The minimum absolute atomic E-state index is 0.0426. The number of aromatic nitrogens is 2. The first-order valence-electron chi connectivity index (χ1n) is 18.5. The van der Waals surface area contributed by atoms with Gasteiger partial charge >= 0.3 is 5.97 Å². The smallest absolute Gasteiger partial charge is 0.338 e. The fourth-order valence-corrected chi connectivity index (χ4v) is 8.21. The average Bonchev–Trinajstić information content (AvgIpc) is 3.98. The van der Waals surface area contributed by atoms with E-state index in [4.69, 9.17) is 4.74 Å². The predicted molar refractivity (Wildman–Crippen MR) is 214 cm³/mol. The molecule has 2 amide bonds. The molecule has 0 saturated carbocycles. The van der Waals surface area contributed by atoms with Gasteiger partial charge in [0.05, 0.1) is 22.2 Å². The van der Waals surface area contributed by atoms with Gasteiger partial charge in [-0.15, -0.1) is 0 Å². The highest BCUT2D eigenvalue weighted by molar-refractivity contribution is 6.41. The van der Waals surface area contributed by atoms with Gasteiger partial charge in [0, 0.05) is 38.6 Å². The Balaban J connectivity index is 1.02. The Morgan fingerprint density at radius 3 is 2.16 bits per heavy atom. The number of benzene rings is 5. The normalized spacial score (nSPS) is 15.9. The number of rotatable bonds is 7. The molecule has 0 unspecified atom stereocenters. The van der Waals surface area contributed by atoms with Crippen molar-refractivity contribution in [3.8, 4) is 0 Å². The number of anilines is 1. The standard InChI is InChI=1S/C47H29N3O7/c51-41-32-18-20-34-39-35(46(55)50(45(34)54)37-23-28(26-10-4-5-11-26)14-16-30(37)27-12-6-7-13-27)21-19-33(38(32)39)42(52)40(41)43-48-36-22-29(15-17-31(36)44(53)49-43)47(56)57-24-25-8-2-1-3-9-25/h1-4,6-12,14-23,40H,5,13,24H2,(H,48,49,53). The van der Waals surface area contributed by atoms with Crippen LogP contribution >= 0.6 is 0 Å². The van der Waals surface area contributed by atoms with Crippen LogP contribution in [-0.2, 0) is 11.3 Å². The van der Waals surface area contributed by atoms with E-state index in [0.29, 0.717) is 12.1 Å². The Bertz CT molecular complexity index is 2970. The van der Waals surface area contributed by atoms with Crippen molar-refractivity contribution in [1.29, 1.82) is 0 Å². The van der Waals surface area contributed by atoms with Crippen molar-refractivity contribution in [1.82, 2.24) is 9.97 Å². The first kappa shape index (κ1) is 33.9. The first-order chi connectivity index (χ1) is 27.8. The van der Waals surface area contributed by atoms with Gasteiger partial charge in [0.25, 0.3) is 17.4 Å². The maximum absolute atomic E-state index is 14.5. The zero-order valence-corrected chi connectivity index (χ0v) is 30.1. The number of esters is 1. The van der Waals surface area contributed by atoms with Crippen molar-refractivity contribution in [2.45, 2.75) is 25.4 Å². The maximum atomic E-state index is 14.5. The summed E-state index contributed by atoms with van der Waals surface area (Å²) >= 11 is 0. The molecule has 0 saturated heterocycles. The summed E-state index contributed by atoms with van der Waals surface area (Å²) in [5.74, 6) is -4.78. The maximum Gasteiger partial charge on any atom is 0.338 e. The number of imide groups is 1. The zero-order valence-electron chi connectivity index (χ0n) is 30.1. The molecule has 0 spiro atoms. The summed E-state index contributed by atoms with van der Waals surface area (Å²) < 4.78 is 5.46. The lowest BCUT2D eigenvalue weighted by molar-refractivity contribution is 0.0472. The molecule has 1 aliphatic heterocycles. The van der Waals surface area contributed by atoms with E-state index in [9.17, 15) is 28.8 Å². The zero-order chi connectivity index (χ0) is 38.9. The van der Waals surface area contributed by atoms with Crippen LogP contribution in [0.15, 0.2) is 132 Å². The van der Waals surface area contributed by atoms with Crippen LogP contribution in [0.4, 0.5) is 5.69 Å². The monoisotopic (exact) mass is 747 g/mol. The number of Topliss-reactive ketones (excluding diaryl/α,β-unsaturated/α-hetero) is 2. The Kier molecular flexibility index (Phi) is 7.75. The highest BCUT2D eigenvalue weighted by atomic mass is 16.5. The van der Waals surface area contributed by atoms with Gasteiger partial charge in [-0.05, 0) is 83.6 Å². The van der Waals surface area contributed by atoms with Crippen molar-refractivity contribution < 1.29 is 28.7 Å². The van der Waals surface area contributed by atoms with E-state index in [1.165, 1.54) is 47.4 Å². The van der Waals surface area contributed by atoms with Crippen LogP contribution in [0.25, 0.3) is 32.8 Å². The number of hydrogen-bond donors (Lipinski definition) is 1.